The van der Waals surface area contributed by atoms with Gasteiger partial charge in [-0.15, -0.1) is 0 Å². The fourth-order valence-corrected chi connectivity index (χ4v) is 5.48. The topological polar surface area (TPSA) is 119 Å². The molecule has 0 heterocycles. The molecule has 0 aromatic heterocycles. The van der Waals surface area contributed by atoms with Gasteiger partial charge in [0.05, 0.1) is 6.61 Å². The summed E-state index contributed by atoms with van der Waals surface area (Å²) in [4.78, 5) is 42.7. The van der Waals surface area contributed by atoms with E-state index >= 15 is 0 Å². The van der Waals surface area contributed by atoms with Crippen LogP contribution >= 0.6 is 7.82 Å². The van der Waals surface area contributed by atoms with E-state index in [4.69, 9.17) is 19.3 Å². The van der Waals surface area contributed by atoms with Crippen LogP contribution in [0, 0.1) is 0 Å². The van der Waals surface area contributed by atoms with Crippen molar-refractivity contribution < 1.29 is 37.9 Å². The molecule has 2 N–H and O–H groups in total. The molecule has 0 aromatic rings. The molecule has 9 heteroatoms. The van der Waals surface area contributed by atoms with Crippen LogP contribution in [0.25, 0.3) is 0 Å². The van der Waals surface area contributed by atoms with Gasteiger partial charge in [-0.2, -0.15) is 0 Å². The molecule has 0 aliphatic heterocycles. The maximum Gasteiger partial charge on any atom is 0.469 e. The van der Waals surface area contributed by atoms with Crippen molar-refractivity contribution in [2.24, 2.45) is 0 Å². The van der Waals surface area contributed by atoms with E-state index in [1.807, 2.05) is 12.2 Å². The van der Waals surface area contributed by atoms with E-state index in [0.717, 1.165) is 38.5 Å². The van der Waals surface area contributed by atoms with Crippen molar-refractivity contribution in [2.45, 2.75) is 174 Å². The highest BCUT2D eigenvalue weighted by atomic mass is 31.2. The summed E-state index contributed by atoms with van der Waals surface area (Å²) >= 11 is 0. The Kier molecular flexibility index (Phi) is 34.9. The number of esters is 2. The second-order valence-electron chi connectivity index (χ2n) is 12.9. The van der Waals surface area contributed by atoms with Crippen molar-refractivity contribution in [1.29, 1.82) is 0 Å². The third kappa shape index (κ3) is 38.6. The molecule has 0 saturated heterocycles. The molecule has 0 saturated carbocycles. The molecule has 0 aromatic carbocycles. The van der Waals surface area contributed by atoms with E-state index in [9.17, 15) is 14.2 Å². The largest absolute Gasteiger partial charge is 0.469 e. The molecule has 0 fully saturated rings. The standard InChI is InChI=1S/C41H71O8P/c1-3-5-7-9-11-13-15-17-18-19-20-21-22-24-26-28-30-32-34-36-41(43)49-39(38-48-50(44,45)46)37-47-40(42)35-33-31-29-27-25-23-16-14-12-10-8-6-4-2/h11,13,17-18,20-21,24,26,30,32,39H,3-10,12,14-16,19,22-23,25,27-29,31,33-38H2,1-2H3,(H2,44,45,46)/b13-11+,18-17+,21-20+,26-24+,32-30+/t39-/m1/s1. The van der Waals surface area contributed by atoms with Crippen LogP contribution in [-0.2, 0) is 28.2 Å². The lowest BCUT2D eigenvalue weighted by Gasteiger charge is -2.18. The highest BCUT2D eigenvalue weighted by Crippen LogP contribution is 2.35. The van der Waals surface area contributed by atoms with Crippen LogP contribution < -0.4 is 0 Å². The van der Waals surface area contributed by atoms with Crippen molar-refractivity contribution in [2.75, 3.05) is 13.2 Å². The fraction of sp³-hybridized carbons (Fsp3) is 0.707. The lowest BCUT2D eigenvalue weighted by Crippen LogP contribution is -2.29. The minimum atomic E-state index is -4.77. The van der Waals surface area contributed by atoms with Gasteiger partial charge in [-0.3, -0.25) is 14.1 Å². The zero-order valence-corrected chi connectivity index (χ0v) is 32.4. The summed E-state index contributed by atoms with van der Waals surface area (Å²) in [6.07, 6.45) is 45.2. The van der Waals surface area contributed by atoms with Crippen molar-refractivity contribution in [1.82, 2.24) is 0 Å². The van der Waals surface area contributed by atoms with Crippen LogP contribution in [0.3, 0.4) is 0 Å². The molecule has 1 atom stereocenters. The van der Waals surface area contributed by atoms with Gasteiger partial charge in [0.2, 0.25) is 0 Å². The van der Waals surface area contributed by atoms with Crippen LogP contribution in [0.1, 0.15) is 168 Å². The predicted octanol–water partition coefficient (Wildman–Crippen LogP) is 11.7. The first-order chi connectivity index (χ1) is 24.3. The lowest BCUT2D eigenvalue weighted by molar-refractivity contribution is -0.161. The molecule has 288 valence electrons. The highest BCUT2D eigenvalue weighted by Gasteiger charge is 2.22. The number of hydrogen-bond donors (Lipinski definition) is 2. The second-order valence-corrected chi connectivity index (χ2v) is 14.1. The highest BCUT2D eigenvalue weighted by molar-refractivity contribution is 7.46. The first-order valence-electron chi connectivity index (χ1n) is 19.6. The van der Waals surface area contributed by atoms with Crippen LogP contribution in [-0.4, -0.2) is 41.0 Å². The molecule has 0 aliphatic carbocycles. The quantitative estimate of drug-likeness (QED) is 0.0287. The summed E-state index contributed by atoms with van der Waals surface area (Å²) in [5.41, 5.74) is 0. The van der Waals surface area contributed by atoms with Crippen molar-refractivity contribution in [3.63, 3.8) is 0 Å². The summed E-state index contributed by atoms with van der Waals surface area (Å²) in [6, 6.07) is 0. The Balaban J connectivity index is 4.10. The van der Waals surface area contributed by atoms with Crippen LogP contribution in [0.5, 0.6) is 0 Å². The monoisotopic (exact) mass is 722 g/mol. The average molecular weight is 723 g/mol. The summed E-state index contributed by atoms with van der Waals surface area (Å²) in [5, 5.41) is 0. The predicted molar refractivity (Wildman–Crippen MR) is 207 cm³/mol. The number of phosphoric ester groups is 1. The normalized spacial score (nSPS) is 13.1. The molecule has 0 radical (unpaired) electrons. The maximum absolute atomic E-state index is 12.3. The maximum atomic E-state index is 12.3. The SMILES string of the molecule is CCCCC/C=C/C/C=C/C/C=C/C/C=C/C/C=C/CCC(=O)O[C@H](COC(=O)CCCCCCCCCCCCCCC)COP(=O)(O)O. The Morgan fingerprint density at radius 3 is 1.42 bits per heavy atom. The van der Waals surface area contributed by atoms with Gasteiger partial charge in [-0.25, -0.2) is 4.57 Å². The number of carbonyl (C=O) groups is 2. The van der Waals surface area contributed by atoms with Crippen LogP contribution in [0.4, 0.5) is 0 Å². The van der Waals surface area contributed by atoms with E-state index in [2.05, 4.69) is 67.0 Å². The molecule has 0 rings (SSSR count). The van der Waals surface area contributed by atoms with Gasteiger partial charge < -0.3 is 19.3 Å². The molecular formula is C41H71O8P. The molecule has 8 nitrogen and oxygen atoms in total. The first-order valence-corrected chi connectivity index (χ1v) is 21.1. The summed E-state index contributed by atoms with van der Waals surface area (Å²) in [6.45, 7) is 3.58. The Morgan fingerprint density at radius 2 is 0.940 bits per heavy atom. The second kappa shape index (κ2) is 36.5. The van der Waals surface area contributed by atoms with Crippen molar-refractivity contribution in [3.8, 4) is 0 Å². The Labute approximate surface area is 305 Å². The van der Waals surface area contributed by atoms with E-state index < -0.39 is 32.5 Å². The van der Waals surface area contributed by atoms with Gasteiger partial charge >= 0.3 is 19.8 Å². The summed E-state index contributed by atoms with van der Waals surface area (Å²) < 4.78 is 26.2. The van der Waals surface area contributed by atoms with Gasteiger partial charge in [-0.05, 0) is 51.4 Å². The molecule has 0 unspecified atom stereocenters. The molecule has 0 amide bonds. The number of phosphoric acid groups is 1. The summed E-state index contributed by atoms with van der Waals surface area (Å²) in [5.74, 6) is -0.982. The first kappa shape index (κ1) is 47.8. The molecule has 50 heavy (non-hydrogen) atoms. The Hall–Kier alpha value is -2.25. The zero-order chi connectivity index (χ0) is 36.8. The molecule has 0 bridgehead atoms. The minimum Gasteiger partial charge on any atom is -0.462 e. The fourth-order valence-electron chi connectivity index (χ4n) is 5.12. The van der Waals surface area contributed by atoms with Gasteiger partial charge in [0.1, 0.15) is 6.61 Å². The molecular weight excluding hydrogens is 651 g/mol. The number of unbranched alkanes of at least 4 members (excludes halogenated alkanes) is 15. The summed E-state index contributed by atoms with van der Waals surface area (Å²) in [7, 11) is -4.77. The number of carbonyl (C=O) groups excluding carboxylic acids is 2. The number of allylic oxidation sites excluding steroid dienone is 10. The molecule has 0 spiro atoms. The molecule has 0 aliphatic rings. The van der Waals surface area contributed by atoms with Crippen LogP contribution in [0.2, 0.25) is 0 Å². The zero-order valence-electron chi connectivity index (χ0n) is 31.5. The number of hydrogen-bond acceptors (Lipinski definition) is 6. The third-order valence-electron chi connectivity index (χ3n) is 8.05. The van der Waals surface area contributed by atoms with Crippen molar-refractivity contribution in [3.05, 3.63) is 60.8 Å². The van der Waals surface area contributed by atoms with Gasteiger partial charge in [0, 0.05) is 12.8 Å². The van der Waals surface area contributed by atoms with Gasteiger partial charge in [0.15, 0.2) is 6.10 Å². The van der Waals surface area contributed by atoms with Gasteiger partial charge in [0.25, 0.3) is 0 Å². The smallest absolute Gasteiger partial charge is 0.462 e. The van der Waals surface area contributed by atoms with E-state index in [1.54, 1.807) is 0 Å². The average Bonchev–Trinajstić information content (AvgIpc) is 3.08. The van der Waals surface area contributed by atoms with E-state index in [-0.39, 0.29) is 19.4 Å². The lowest BCUT2D eigenvalue weighted by atomic mass is 10.0. The van der Waals surface area contributed by atoms with Gasteiger partial charge in [-0.1, -0.05) is 164 Å². The van der Waals surface area contributed by atoms with Crippen molar-refractivity contribution >= 4 is 19.8 Å². The Bertz CT molecular complexity index is 995. The number of ether oxygens (including phenoxy) is 2. The van der Waals surface area contributed by atoms with E-state index in [1.165, 1.54) is 89.9 Å². The Morgan fingerprint density at radius 1 is 0.520 bits per heavy atom. The third-order valence-corrected chi connectivity index (χ3v) is 8.54. The number of rotatable bonds is 35. The minimum absolute atomic E-state index is 0.0877. The van der Waals surface area contributed by atoms with E-state index in [0.29, 0.717) is 12.8 Å². The van der Waals surface area contributed by atoms with Crippen LogP contribution in [0.15, 0.2) is 60.8 Å².